The highest BCUT2D eigenvalue weighted by atomic mass is 16.8. The van der Waals surface area contributed by atoms with Gasteiger partial charge in [-0.25, -0.2) is 0 Å². The van der Waals surface area contributed by atoms with Crippen LogP contribution < -0.4 is 0 Å². The molecule has 2 bridgehead atoms. The number of fused-ring (bicyclic) bond motifs is 1. The monoisotopic (exact) mass is 298 g/mol. The third kappa shape index (κ3) is 1.96. The van der Waals surface area contributed by atoms with Crippen LogP contribution in [0.4, 0.5) is 0 Å². The standard InChI is InChI=1S/C19H22O3/c1-12(13-8-6-5-7-9-13)15-14-10-11-19(4,21-15)17-16(14)20-18(2,3)22-17/h5-11,14,16-17H,1-4H3/b15-12-/t14-,16-,17-,19-/m0/s1. The highest BCUT2D eigenvalue weighted by Gasteiger charge is 2.60. The van der Waals surface area contributed by atoms with Gasteiger partial charge >= 0.3 is 0 Å². The minimum Gasteiger partial charge on any atom is -0.484 e. The number of hydrogen-bond acceptors (Lipinski definition) is 3. The Morgan fingerprint density at radius 2 is 1.77 bits per heavy atom. The number of hydrogen-bond donors (Lipinski definition) is 0. The van der Waals surface area contributed by atoms with Crippen molar-refractivity contribution in [2.75, 3.05) is 0 Å². The molecule has 22 heavy (non-hydrogen) atoms. The third-order valence-electron chi connectivity index (χ3n) is 4.89. The maximum Gasteiger partial charge on any atom is 0.164 e. The lowest BCUT2D eigenvalue weighted by Crippen LogP contribution is -2.56. The molecule has 116 valence electrons. The second-order valence-corrected chi connectivity index (χ2v) is 7.05. The molecule has 0 aromatic heterocycles. The lowest BCUT2D eigenvalue weighted by atomic mass is 9.75. The largest absolute Gasteiger partial charge is 0.484 e. The Labute approximate surface area is 131 Å². The molecule has 0 saturated carbocycles. The Balaban J connectivity index is 1.79. The smallest absolute Gasteiger partial charge is 0.164 e. The SMILES string of the molecule is C/C(=C1/O[C@@]2(C)C=C[C@@H]1[C@@H]1OC(C)(C)O[C@@H]12)c1ccccc1. The zero-order valence-electron chi connectivity index (χ0n) is 13.5. The molecular formula is C19H22O3. The summed E-state index contributed by atoms with van der Waals surface area (Å²) in [6, 6.07) is 10.4. The Hall–Kier alpha value is -1.58. The second-order valence-electron chi connectivity index (χ2n) is 7.05. The van der Waals surface area contributed by atoms with E-state index in [9.17, 15) is 0 Å². The first-order chi connectivity index (χ1) is 10.4. The van der Waals surface area contributed by atoms with Gasteiger partial charge in [-0.1, -0.05) is 36.4 Å². The number of ether oxygens (including phenoxy) is 3. The summed E-state index contributed by atoms with van der Waals surface area (Å²) in [6.07, 6.45) is 4.32. The van der Waals surface area contributed by atoms with Crippen molar-refractivity contribution in [3.05, 3.63) is 53.8 Å². The van der Waals surface area contributed by atoms with Crippen LogP contribution in [-0.2, 0) is 14.2 Å². The highest BCUT2D eigenvalue weighted by molar-refractivity contribution is 5.67. The van der Waals surface area contributed by atoms with Crippen LogP contribution in [0.25, 0.3) is 5.57 Å². The van der Waals surface area contributed by atoms with Gasteiger partial charge in [-0.3, -0.25) is 0 Å². The van der Waals surface area contributed by atoms with Gasteiger partial charge in [0.2, 0.25) is 0 Å². The molecule has 3 heterocycles. The molecule has 1 aliphatic carbocycles. The molecule has 2 saturated heterocycles. The van der Waals surface area contributed by atoms with Crippen LogP contribution in [0.1, 0.15) is 33.3 Å². The fraction of sp³-hybridized carbons (Fsp3) is 0.474. The Morgan fingerprint density at radius 1 is 1.05 bits per heavy atom. The predicted molar refractivity (Wildman–Crippen MR) is 85.0 cm³/mol. The van der Waals surface area contributed by atoms with Gasteiger partial charge < -0.3 is 14.2 Å². The van der Waals surface area contributed by atoms with Crippen LogP contribution in [0.3, 0.4) is 0 Å². The summed E-state index contributed by atoms with van der Waals surface area (Å²) in [6.45, 7) is 8.15. The van der Waals surface area contributed by atoms with E-state index >= 15 is 0 Å². The average Bonchev–Trinajstić information content (AvgIpc) is 2.84. The van der Waals surface area contributed by atoms with Gasteiger partial charge in [0, 0.05) is 0 Å². The minimum atomic E-state index is -0.555. The third-order valence-corrected chi connectivity index (χ3v) is 4.89. The Bertz CT molecular complexity index is 659. The van der Waals surface area contributed by atoms with E-state index < -0.39 is 11.4 Å². The summed E-state index contributed by atoms with van der Waals surface area (Å²) in [5, 5.41) is 0. The summed E-state index contributed by atoms with van der Waals surface area (Å²) >= 11 is 0. The molecule has 2 fully saturated rings. The van der Waals surface area contributed by atoms with E-state index in [0.29, 0.717) is 0 Å². The lowest BCUT2D eigenvalue weighted by molar-refractivity contribution is -0.160. The normalized spacial score (nSPS) is 40.3. The molecule has 1 aromatic rings. The van der Waals surface area contributed by atoms with Gasteiger partial charge in [0.25, 0.3) is 0 Å². The molecule has 3 heteroatoms. The van der Waals surface area contributed by atoms with Crippen molar-refractivity contribution in [2.45, 2.75) is 51.3 Å². The van der Waals surface area contributed by atoms with E-state index in [-0.39, 0.29) is 18.1 Å². The van der Waals surface area contributed by atoms with Gasteiger partial charge in [-0.15, -0.1) is 0 Å². The highest BCUT2D eigenvalue weighted by Crippen LogP contribution is 2.51. The predicted octanol–water partition coefficient (Wildman–Crippen LogP) is 3.91. The van der Waals surface area contributed by atoms with Gasteiger partial charge in [-0.05, 0) is 44.9 Å². The van der Waals surface area contributed by atoms with Crippen molar-refractivity contribution in [1.82, 2.24) is 0 Å². The molecule has 0 amide bonds. The van der Waals surface area contributed by atoms with E-state index in [4.69, 9.17) is 14.2 Å². The molecule has 5 rings (SSSR count). The first-order valence-electron chi connectivity index (χ1n) is 7.90. The maximum absolute atomic E-state index is 6.38. The summed E-state index contributed by atoms with van der Waals surface area (Å²) in [5.74, 6) is 0.577. The molecule has 3 aliphatic heterocycles. The van der Waals surface area contributed by atoms with Crippen molar-refractivity contribution in [2.24, 2.45) is 5.92 Å². The fourth-order valence-electron chi connectivity index (χ4n) is 3.78. The molecule has 3 nitrogen and oxygen atoms in total. The Kier molecular flexibility index (Phi) is 2.85. The van der Waals surface area contributed by atoms with Crippen LogP contribution in [0.2, 0.25) is 0 Å². The van der Waals surface area contributed by atoms with Gasteiger partial charge in [0.15, 0.2) is 11.4 Å². The van der Waals surface area contributed by atoms with E-state index in [1.54, 1.807) is 0 Å². The molecule has 0 spiro atoms. The fourth-order valence-corrected chi connectivity index (χ4v) is 3.78. The van der Waals surface area contributed by atoms with E-state index in [2.05, 4.69) is 50.3 Å². The van der Waals surface area contributed by atoms with E-state index in [1.807, 2.05) is 19.9 Å². The van der Waals surface area contributed by atoms with Crippen molar-refractivity contribution >= 4 is 5.57 Å². The summed E-state index contributed by atoms with van der Waals surface area (Å²) in [5.41, 5.74) is 1.91. The van der Waals surface area contributed by atoms with Crippen LogP contribution in [0, 0.1) is 5.92 Å². The second kappa shape index (κ2) is 4.46. The van der Waals surface area contributed by atoms with E-state index in [1.165, 1.54) is 11.1 Å². The lowest BCUT2D eigenvalue weighted by Gasteiger charge is -2.48. The molecule has 1 aromatic carbocycles. The van der Waals surface area contributed by atoms with Crippen molar-refractivity contribution in [3.63, 3.8) is 0 Å². The topological polar surface area (TPSA) is 27.7 Å². The molecule has 0 radical (unpaired) electrons. The van der Waals surface area contributed by atoms with Crippen LogP contribution >= 0.6 is 0 Å². The summed E-state index contributed by atoms with van der Waals surface area (Å²) in [4.78, 5) is 0. The van der Waals surface area contributed by atoms with Gasteiger partial charge in [-0.2, -0.15) is 0 Å². The minimum absolute atomic E-state index is 0.0208. The number of rotatable bonds is 1. The summed E-state index contributed by atoms with van der Waals surface area (Å²) < 4.78 is 18.7. The van der Waals surface area contributed by atoms with Gasteiger partial charge in [0.1, 0.15) is 18.0 Å². The Morgan fingerprint density at radius 3 is 2.50 bits per heavy atom. The zero-order valence-corrected chi connectivity index (χ0v) is 13.5. The molecule has 4 aliphatic rings. The van der Waals surface area contributed by atoms with Gasteiger partial charge in [0.05, 0.1) is 5.92 Å². The van der Waals surface area contributed by atoms with Crippen molar-refractivity contribution < 1.29 is 14.2 Å². The molecule has 0 N–H and O–H groups in total. The molecular weight excluding hydrogens is 276 g/mol. The number of benzene rings is 1. The van der Waals surface area contributed by atoms with Crippen LogP contribution in [0.15, 0.2) is 48.2 Å². The first-order valence-corrected chi connectivity index (χ1v) is 7.90. The average molecular weight is 298 g/mol. The molecule has 4 atom stereocenters. The van der Waals surface area contributed by atoms with Crippen LogP contribution in [-0.4, -0.2) is 23.6 Å². The quantitative estimate of drug-likeness (QED) is 0.736. The molecule has 0 unspecified atom stereocenters. The maximum atomic E-state index is 6.38. The van der Waals surface area contributed by atoms with E-state index in [0.717, 1.165) is 5.76 Å². The van der Waals surface area contributed by atoms with Crippen molar-refractivity contribution in [1.29, 1.82) is 0 Å². The first kappa shape index (κ1) is 14.0. The van der Waals surface area contributed by atoms with Crippen molar-refractivity contribution in [3.8, 4) is 0 Å². The summed E-state index contributed by atoms with van der Waals surface area (Å²) in [7, 11) is 0. The van der Waals surface area contributed by atoms with Crippen LogP contribution in [0.5, 0.6) is 0 Å². The zero-order chi connectivity index (χ0) is 15.5. The number of allylic oxidation sites excluding steroid dienone is 1.